The molecule has 3 nitrogen and oxygen atoms in total. The van der Waals surface area contributed by atoms with Crippen molar-refractivity contribution in [2.24, 2.45) is 0 Å². The van der Waals surface area contributed by atoms with Crippen LogP contribution in [0.4, 0.5) is 0 Å². The van der Waals surface area contributed by atoms with E-state index in [1.165, 1.54) is 17.6 Å². The maximum atomic E-state index is 11.5. The zero-order valence-electron chi connectivity index (χ0n) is 8.82. The molecule has 15 heavy (non-hydrogen) atoms. The first-order valence-corrected chi connectivity index (χ1v) is 7.68. The maximum absolute atomic E-state index is 11.5. The highest BCUT2D eigenvalue weighted by Gasteiger charge is 2.28. The summed E-state index contributed by atoms with van der Waals surface area (Å²) < 4.78 is 22.9. The van der Waals surface area contributed by atoms with Gasteiger partial charge in [0.05, 0.1) is 16.3 Å². The first kappa shape index (κ1) is 13.0. The fourth-order valence-corrected chi connectivity index (χ4v) is 3.60. The molecule has 0 aliphatic rings. The molecule has 0 aliphatic heterocycles. The van der Waals surface area contributed by atoms with Crippen LogP contribution in [0.3, 0.4) is 0 Å². The van der Waals surface area contributed by atoms with Gasteiger partial charge in [0.1, 0.15) is 0 Å². The molecular weight excluding hydrogens is 254 g/mol. The van der Waals surface area contributed by atoms with Crippen LogP contribution in [-0.2, 0) is 9.84 Å². The summed E-state index contributed by atoms with van der Waals surface area (Å²) >= 11 is 7.45. The lowest BCUT2D eigenvalue weighted by Gasteiger charge is -2.21. The van der Waals surface area contributed by atoms with Crippen LogP contribution in [0.2, 0.25) is 5.02 Å². The van der Waals surface area contributed by atoms with Crippen LogP contribution in [0.5, 0.6) is 0 Å². The predicted octanol–water partition coefficient (Wildman–Crippen LogP) is 2.10. The predicted molar refractivity (Wildman–Crippen MR) is 65.4 cm³/mol. The summed E-state index contributed by atoms with van der Waals surface area (Å²) in [5, 5.41) is 4.99. The lowest BCUT2D eigenvalue weighted by Crippen LogP contribution is -2.32. The van der Waals surface area contributed by atoms with Gasteiger partial charge in [-0.3, -0.25) is 0 Å². The van der Waals surface area contributed by atoms with Crippen LogP contribution in [0, 0.1) is 0 Å². The summed E-state index contributed by atoms with van der Waals surface area (Å²) in [4.78, 5) is 0.872. The van der Waals surface area contributed by atoms with Crippen molar-refractivity contribution in [3.63, 3.8) is 0 Å². The van der Waals surface area contributed by atoms with Crippen molar-refractivity contribution in [3.05, 3.63) is 21.3 Å². The minimum absolute atomic E-state index is 0.243. The molecule has 86 valence electrons. The molecule has 1 rings (SSSR count). The van der Waals surface area contributed by atoms with Gasteiger partial charge in [0.25, 0.3) is 0 Å². The second kappa shape index (κ2) is 4.82. The van der Waals surface area contributed by atoms with Crippen LogP contribution < -0.4 is 5.32 Å². The average molecular weight is 268 g/mol. The summed E-state index contributed by atoms with van der Waals surface area (Å²) in [5.41, 5.74) is 0. The van der Waals surface area contributed by atoms with Crippen LogP contribution in [0.1, 0.15) is 17.8 Å². The fraction of sp³-hybridized carbons (Fsp3) is 0.556. The van der Waals surface area contributed by atoms with E-state index in [1.807, 2.05) is 5.38 Å². The zero-order valence-corrected chi connectivity index (χ0v) is 11.2. The van der Waals surface area contributed by atoms with E-state index >= 15 is 0 Å². The molecule has 0 aliphatic carbocycles. The highest BCUT2D eigenvalue weighted by Crippen LogP contribution is 2.32. The Morgan fingerprint density at radius 3 is 2.47 bits per heavy atom. The number of halogens is 1. The minimum Gasteiger partial charge on any atom is -0.311 e. The normalized spacial score (nSPS) is 16.3. The van der Waals surface area contributed by atoms with Crippen molar-refractivity contribution in [1.29, 1.82) is 0 Å². The Morgan fingerprint density at radius 1 is 1.53 bits per heavy atom. The number of nitrogens with one attached hydrogen (secondary N) is 1. The van der Waals surface area contributed by atoms with Crippen molar-refractivity contribution in [3.8, 4) is 0 Å². The Bertz CT molecular complexity index is 427. The van der Waals surface area contributed by atoms with Gasteiger partial charge < -0.3 is 5.32 Å². The van der Waals surface area contributed by atoms with E-state index in [2.05, 4.69) is 5.32 Å². The molecule has 2 atom stereocenters. The van der Waals surface area contributed by atoms with Crippen molar-refractivity contribution < 1.29 is 8.42 Å². The first-order chi connectivity index (χ1) is 6.88. The third-order valence-corrected chi connectivity index (χ3v) is 5.45. The zero-order chi connectivity index (χ0) is 11.6. The first-order valence-electron chi connectivity index (χ1n) is 4.47. The smallest absolute Gasteiger partial charge is 0.151 e. The molecule has 1 N–H and O–H groups in total. The Hall–Kier alpha value is -0.100. The van der Waals surface area contributed by atoms with Gasteiger partial charge in [0, 0.05) is 11.1 Å². The molecule has 1 aromatic rings. The second-order valence-corrected chi connectivity index (χ2v) is 7.19. The van der Waals surface area contributed by atoms with Gasteiger partial charge in [0.15, 0.2) is 9.84 Å². The van der Waals surface area contributed by atoms with E-state index in [4.69, 9.17) is 11.6 Å². The number of thiophene rings is 1. The molecule has 0 saturated carbocycles. The van der Waals surface area contributed by atoms with Crippen LogP contribution in [0.25, 0.3) is 0 Å². The van der Waals surface area contributed by atoms with E-state index in [-0.39, 0.29) is 6.04 Å². The molecule has 0 saturated heterocycles. The third-order valence-electron chi connectivity index (χ3n) is 2.38. The van der Waals surface area contributed by atoms with E-state index in [9.17, 15) is 8.42 Å². The lowest BCUT2D eigenvalue weighted by atomic mass is 10.2. The number of hydrogen-bond acceptors (Lipinski definition) is 4. The summed E-state index contributed by atoms with van der Waals surface area (Å²) in [6.07, 6.45) is 1.24. The molecule has 2 unspecified atom stereocenters. The Labute approximate surface area is 99.4 Å². The van der Waals surface area contributed by atoms with Gasteiger partial charge in [-0.15, -0.1) is 11.3 Å². The second-order valence-electron chi connectivity index (χ2n) is 3.43. The highest BCUT2D eigenvalue weighted by atomic mass is 35.5. The van der Waals surface area contributed by atoms with E-state index in [0.717, 1.165) is 4.88 Å². The third kappa shape index (κ3) is 2.93. The Balaban J connectivity index is 3.06. The molecule has 0 aromatic carbocycles. The van der Waals surface area contributed by atoms with Gasteiger partial charge in [-0.05, 0) is 25.4 Å². The standard InChI is InChI=1S/C9H14ClNO2S2/c1-6(15(3,12)13)8(11-2)9-7(10)4-5-14-9/h4-6,8,11H,1-3H3. The van der Waals surface area contributed by atoms with Gasteiger partial charge in [-0.1, -0.05) is 11.6 Å². The molecule has 0 fully saturated rings. The summed E-state index contributed by atoms with van der Waals surface area (Å²) in [6.45, 7) is 1.69. The van der Waals surface area contributed by atoms with Gasteiger partial charge >= 0.3 is 0 Å². The fourth-order valence-electron chi connectivity index (χ4n) is 1.35. The van der Waals surface area contributed by atoms with E-state index < -0.39 is 15.1 Å². The number of rotatable bonds is 4. The van der Waals surface area contributed by atoms with Crippen LogP contribution >= 0.6 is 22.9 Å². The highest BCUT2D eigenvalue weighted by molar-refractivity contribution is 7.91. The quantitative estimate of drug-likeness (QED) is 0.909. The molecule has 1 aromatic heterocycles. The SMILES string of the molecule is CNC(c1sccc1Cl)C(C)S(C)(=O)=O. The van der Waals surface area contributed by atoms with Crippen molar-refractivity contribution in [2.45, 2.75) is 18.2 Å². The summed E-state index contributed by atoms with van der Waals surface area (Å²) in [6, 6.07) is 1.54. The number of sulfone groups is 1. The molecule has 0 bridgehead atoms. The van der Waals surface area contributed by atoms with Gasteiger partial charge in [0.2, 0.25) is 0 Å². The van der Waals surface area contributed by atoms with Crippen LogP contribution in [0.15, 0.2) is 11.4 Å². The van der Waals surface area contributed by atoms with E-state index in [1.54, 1.807) is 20.0 Å². The lowest BCUT2D eigenvalue weighted by molar-refractivity contribution is 0.540. The largest absolute Gasteiger partial charge is 0.311 e. The van der Waals surface area contributed by atoms with Crippen molar-refractivity contribution >= 4 is 32.8 Å². The molecular formula is C9H14ClNO2S2. The molecule has 6 heteroatoms. The molecule has 0 radical (unpaired) electrons. The Morgan fingerprint density at radius 2 is 2.13 bits per heavy atom. The average Bonchev–Trinajstić information content (AvgIpc) is 2.52. The molecule has 0 spiro atoms. The van der Waals surface area contributed by atoms with Crippen molar-refractivity contribution in [2.75, 3.05) is 13.3 Å². The summed E-state index contributed by atoms with van der Waals surface area (Å²) in [5.74, 6) is 0. The van der Waals surface area contributed by atoms with Crippen LogP contribution in [-0.4, -0.2) is 27.0 Å². The van der Waals surface area contributed by atoms with E-state index in [0.29, 0.717) is 5.02 Å². The number of hydrogen-bond donors (Lipinski definition) is 1. The minimum atomic E-state index is -3.07. The summed E-state index contributed by atoms with van der Waals surface area (Å²) in [7, 11) is -1.33. The van der Waals surface area contributed by atoms with Gasteiger partial charge in [-0.25, -0.2) is 8.42 Å². The van der Waals surface area contributed by atoms with Gasteiger partial charge in [-0.2, -0.15) is 0 Å². The topological polar surface area (TPSA) is 46.2 Å². The monoisotopic (exact) mass is 267 g/mol. The molecule has 1 heterocycles. The molecule has 0 amide bonds. The Kier molecular flexibility index (Phi) is 4.17. The maximum Gasteiger partial charge on any atom is 0.151 e. The van der Waals surface area contributed by atoms with Crippen molar-refractivity contribution in [1.82, 2.24) is 5.32 Å².